The number of rotatable bonds is 5. The van der Waals surface area contributed by atoms with Crippen LogP contribution in [0.15, 0.2) is 76.1 Å². The van der Waals surface area contributed by atoms with Crippen molar-refractivity contribution >= 4 is 37.4 Å². The van der Waals surface area contributed by atoms with Crippen LogP contribution < -0.4 is 10.5 Å². The normalized spacial score (nSPS) is 11.0. The molecule has 5 nitrogen and oxygen atoms in total. The maximum atomic E-state index is 12.0. The molecule has 0 spiro atoms. The molecule has 2 aromatic heterocycles. The molecule has 4 aromatic rings. The largest absolute Gasteiger partial charge is 0.338 e. The van der Waals surface area contributed by atoms with Crippen LogP contribution in [-0.4, -0.2) is 14.6 Å². The highest BCUT2D eigenvalue weighted by atomic mass is 79.9. The molecule has 4 rings (SSSR count). The van der Waals surface area contributed by atoms with E-state index in [2.05, 4.69) is 55.2 Å². The number of halogens is 1. The van der Waals surface area contributed by atoms with E-state index in [9.17, 15) is 4.79 Å². The molecule has 130 valence electrons. The molecule has 26 heavy (non-hydrogen) atoms. The van der Waals surface area contributed by atoms with Crippen molar-refractivity contribution in [2.24, 2.45) is 0 Å². The lowest BCUT2D eigenvalue weighted by atomic mass is 10.2. The minimum atomic E-state index is -0.166. The summed E-state index contributed by atoms with van der Waals surface area (Å²) in [5.41, 5.74) is 2.19. The molecule has 0 amide bonds. The average Bonchev–Trinajstić information content (AvgIpc) is 3.10. The van der Waals surface area contributed by atoms with Gasteiger partial charge in [0.2, 0.25) is 10.1 Å². The first kappa shape index (κ1) is 16.9. The van der Waals surface area contributed by atoms with Crippen molar-refractivity contribution in [2.75, 3.05) is 4.90 Å². The number of anilines is 1. The fourth-order valence-corrected chi connectivity index (χ4v) is 3.81. The fourth-order valence-electron chi connectivity index (χ4n) is 2.67. The van der Waals surface area contributed by atoms with Gasteiger partial charge in [-0.2, -0.15) is 4.52 Å². The zero-order valence-electron chi connectivity index (χ0n) is 13.7. The van der Waals surface area contributed by atoms with Crippen LogP contribution >= 0.6 is 27.3 Å². The quantitative estimate of drug-likeness (QED) is 0.481. The van der Waals surface area contributed by atoms with Gasteiger partial charge >= 0.3 is 0 Å². The van der Waals surface area contributed by atoms with Crippen LogP contribution in [0, 0.1) is 0 Å². The highest BCUT2D eigenvalue weighted by Crippen LogP contribution is 2.25. The van der Waals surface area contributed by atoms with Gasteiger partial charge in [0.25, 0.3) is 5.56 Å². The molecule has 0 bridgehead atoms. The second kappa shape index (κ2) is 7.39. The first-order valence-corrected chi connectivity index (χ1v) is 9.68. The van der Waals surface area contributed by atoms with E-state index in [1.54, 1.807) is 0 Å². The van der Waals surface area contributed by atoms with E-state index >= 15 is 0 Å². The van der Waals surface area contributed by atoms with Crippen LogP contribution in [0.1, 0.15) is 11.1 Å². The molecule has 7 heteroatoms. The van der Waals surface area contributed by atoms with Gasteiger partial charge in [-0.05, 0) is 23.3 Å². The minimum Gasteiger partial charge on any atom is -0.338 e. The predicted octanol–water partition coefficient (Wildman–Crippen LogP) is 4.12. The third-order valence-corrected chi connectivity index (χ3v) is 5.45. The van der Waals surface area contributed by atoms with E-state index in [1.165, 1.54) is 39.2 Å². The molecule has 0 atom stereocenters. The van der Waals surface area contributed by atoms with E-state index in [0.29, 0.717) is 18.1 Å². The van der Waals surface area contributed by atoms with Gasteiger partial charge in [0.1, 0.15) is 0 Å². The van der Waals surface area contributed by atoms with Crippen LogP contribution in [0.5, 0.6) is 0 Å². The van der Waals surface area contributed by atoms with Crippen LogP contribution in [0.2, 0.25) is 0 Å². The number of nitrogens with zero attached hydrogens (tertiary/aromatic N) is 4. The summed E-state index contributed by atoms with van der Waals surface area (Å²) in [4.78, 5) is 19.0. The Balaban J connectivity index is 1.71. The van der Waals surface area contributed by atoms with Crippen LogP contribution in [0.3, 0.4) is 0 Å². The average molecular weight is 427 g/mol. The van der Waals surface area contributed by atoms with Crippen molar-refractivity contribution in [3.63, 3.8) is 0 Å². The number of hydrogen-bond donors (Lipinski definition) is 0. The Morgan fingerprint density at radius 2 is 1.65 bits per heavy atom. The number of aromatic nitrogens is 3. The Kier molecular flexibility index (Phi) is 4.81. The molecular weight excluding hydrogens is 412 g/mol. The van der Waals surface area contributed by atoms with Crippen molar-refractivity contribution in [3.8, 4) is 0 Å². The Morgan fingerprint density at radius 3 is 2.35 bits per heavy atom. The van der Waals surface area contributed by atoms with Crippen LogP contribution in [0.25, 0.3) is 4.96 Å². The molecular formula is C19H15BrN4OS. The summed E-state index contributed by atoms with van der Waals surface area (Å²) in [6.07, 6.45) is 1.52. The first-order valence-electron chi connectivity index (χ1n) is 8.07. The highest BCUT2D eigenvalue weighted by Gasteiger charge is 2.15. The second-order valence-electron chi connectivity index (χ2n) is 5.83. The zero-order valence-corrected chi connectivity index (χ0v) is 16.2. The number of benzene rings is 2. The summed E-state index contributed by atoms with van der Waals surface area (Å²) >= 11 is 4.89. The Morgan fingerprint density at radius 1 is 0.962 bits per heavy atom. The number of hydrogen-bond acceptors (Lipinski definition) is 5. The second-order valence-corrected chi connectivity index (χ2v) is 7.68. The molecule has 0 saturated carbocycles. The summed E-state index contributed by atoms with van der Waals surface area (Å²) in [7, 11) is 0. The third-order valence-electron chi connectivity index (χ3n) is 3.93. The topological polar surface area (TPSA) is 50.5 Å². The lowest BCUT2D eigenvalue weighted by Crippen LogP contribution is -2.23. The molecule has 0 fully saturated rings. The maximum absolute atomic E-state index is 12.0. The summed E-state index contributed by atoms with van der Waals surface area (Å²) in [5.74, 6) is 0. The summed E-state index contributed by atoms with van der Waals surface area (Å²) in [5, 5.41) is 5.27. The molecule has 0 unspecified atom stereocenters. The third kappa shape index (κ3) is 3.68. The van der Waals surface area contributed by atoms with Gasteiger partial charge in [0, 0.05) is 29.8 Å². The molecule has 0 aliphatic heterocycles. The maximum Gasteiger partial charge on any atom is 0.275 e. The van der Waals surface area contributed by atoms with Crippen molar-refractivity contribution < 1.29 is 0 Å². The van der Waals surface area contributed by atoms with Gasteiger partial charge in [0.15, 0.2) is 0 Å². The summed E-state index contributed by atoms with van der Waals surface area (Å²) < 4.78 is 2.41. The van der Waals surface area contributed by atoms with Crippen molar-refractivity contribution in [1.82, 2.24) is 14.6 Å². The summed E-state index contributed by atoms with van der Waals surface area (Å²) in [6.45, 7) is 1.39. The molecule has 0 aliphatic rings. The van der Waals surface area contributed by atoms with E-state index in [1.807, 2.05) is 30.3 Å². The van der Waals surface area contributed by atoms with E-state index in [0.717, 1.165) is 9.60 Å². The van der Waals surface area contributed by atoms with Gasteiger partial charge in [-0.15, -0.1) is 5.10 Å². The Hall–Kier alpha value is -2.51. The molecule has 0 N–H and O–H groups in total. The van der Waals surface area contributed by atoms with Gasteiger partial charge in [-0.3, -0.25) is 4.79 Å². The Bertz CT molecular complexity index is 1080. The monoisotopic (exact) mass is 426 g/mol. The standard InChI is InChI=1S/C19H15BrN4OS/c20-16-8-6-15(7-9-16)13-23(12-14-4-2-1-3-5-14)19-22-24-17(25)10-11-21-18(24)26-19/h1-11H,12-13H2. The van der Waals surface area contributed by atoms with Gasteiger partial charge < -0.3 is 4.90 Å². The van der Waals surface area contributed by atoms with E-state index < -0.39 is 0 Å². The lowest BCUT2D eigenvalue weighted by molar-refractivity contribution is 0.770. The fraction of sp³-hybridized carbons (Fsp3) is 0.105. The predicted molar refractivity (Wildman–Crippen MR) is 108 cm³/mol. The van der Waals surface area contributed by atoms with Crippen molar-refractivity contribution in [3.05, 3.63) is 92.8 Å². The molecule has 0 saturated heterocycles. The summed E-state index contributed by atoms with van der Waals surface area (Å²) in [6, 6.07) is 19.9. The first-order chi connectivity index (χ1) is 12.7. The molecule has 0 radical (unpaired) electrons. The minimum absolute atomic E-state index is 0.166. The lowest BCUT2D eigenvalue weighted by Gasteiger charge is -2.21. The molecule has 2 heterocycles. The van der Waals surface area contributed by atoms with Crippen LogP contribution in [0.4, 0.5) is 5.13 Å². The highest BCUT2D eigenvalue weighted by molar-refractivity contribution is 9.10. The van der Waals surface area contributed by atoms with Gasteiger partial charge in [0.05, 0.1) is 0 Å². The van der Waals surface area contributed by atoms with E-state index in [-0.39, 0.29) is 5.56 Å². The number of fused-ring (bicyclic) bond motifs is 1. The Labute approximate surface area is 162 Å². The zero-order chi connectivity index (χ0) is 17.9. The molecule has 2 aromatic carbocycles. The van der Waals surface area contributed by atoms with Crippen molar-refractivity contribution in [2.45, 2.75) is 13.1 Å². The van der Waals surface area contributed by atoms with Crippen LogP contribution in [-0.2, 0) is 13.1 Å². The smallest absolute Gasteiger partial charge is 0.275 e. The van der Waals surface area contributed by atoms with Crippen molar-refractivity contribution in [1.29, 1.82) is 0 Å². The van der Waals surface area contributed by atoms with Gasteiger partial charge in [-0.1, -0.05) is 69.7 Å². The van der Waals surface area contributed by atoms with E-state index in [4.69, 9.17) is 0 Å². The molecule has 0 aliphatic carbocycles. The SMILES string of the molecule is O=c1ccnc2sc(N(Cc3ccccc3)Cc3ccc(Br)cc3)nn12. The van der Waals surface area contributed by atoms with Gasteiger partial charge in [-0.25, -0.2) is 4.98 Å².